The second-order valence-electron chi connectivity index (χ2n) is 4.22. The number of nitrogens with zero attached hydrogens (tertiary/aromatic N) is 3. The Hall–Kier alpha value is -1.87. The summed E-state index contributed by atoms with van der Waals surface area (Å²) in [5, 5.41) is 5.50. The van der Waals surface area contributed by atoms with Gasteiger partial charge in [0.05, 0.1) is 11.7 Å². The van der Waals surface area contributed by atoms with E-state index in [4.69, 9.17) is 11.6 Å². The highest BCUT2D eigenvalue weighted by Crippen LogP contribution is 2.18. The minimum absolute atomic E-state index is 0.482. The fraction of sp³-hybridized carbons (Fsp3) is 0.143. The molecule has 0 saturated heterocycles. The van der Waals surface area contributed by atoms with Crippen LogP contribution in [0.3, 0.4) is 0 Å². The zero-order chi connectivity index (χ0) is 12.5. The number of aryl methyl sites for hydroxylation is 1. The molecular formula is C14H12ClN3. The normalized spacial score (nSPS) is 11.0. The van der Waals surface area contributed by atoms with Gasteiger partial charge < -0.3 is 0 Å². The van der Waals surface area contributed by atoms with Crippen LogP contribution in [-0.2, 0) is 5.88 Å². The van der Waals surface area contributed by atoms with Crippen molar-refractivity contribution in [2.24, 2.45) is 0 Å². The molecule has 0 bridgehead atoms. The maximum Gasteiger partial charge on any atom is 0.154 e. The van der Waals surface area contributed by atoms with Gasteiger partial charge in [-0.15, -0.1) is 11.6 Å². The van der Waals surface area contributed by atoms with Gasteiger partial charge in [0, 0.05) is 17.0 Å². The summed E-state index contributed by atoms with van der Waals surface area (Å²) in [4.78, 5) is 4.52. The van der Waals surface area contributed by atoms with Crippen LogP contribution in [-0.4, -0.2) is 14.8 Å². The first-order chi connectivity index (χ1) is 8.78. The molecule has 1 aromatic carbocycles. The second-order valence-corrected chi connectivity index (χ2v) is 4.49. The Labute approximate surface area is 110 Å². The highest BCUT2D eigenvalue weighted by molar-refractivity contribution is 6.17. The van der Waals surface area contributed by atoms with E-state index in [0.29, 0.717) is 5.88 Å². The average molecular weight is 258 g/mol. The third-order valence-corrected chi connectivity index (χ3v) is 3.16. The minimum Gasteiger partial charge on any atom is -0.234 e. The van der Waals surface area contributed by atoms with E-state index >= 15 is 0 Å². The Balaban J connectivity index is 2.22. The van der Waals surface area contributed by atoms with E-state index in [2.05, 4.69) is 10.1 Å². The Morgan fingerprint density at radius 2 is 2.06 bits per heavy atom. The monoisotopic (exact) mass is 257 g/mol. The molecule has 0 atom stereocenters. The average Bonchev–Trinajstić information content (AvgIpc) is 2.81. The van der Waals surface area contributed by atoms with Crippen molar-refractivity contribution in [2.45, 2.75) is 12.8 Å². The van der Waals surface area contributed by atoms with Gasteiger partial charge in [0.25, 0.3) is 0 Å². The summed E-state index contributed by atoms with van der Waals surface area (Å²) >= 11 is 5.89. The molecule has 0 unspecified atom stereocenters. The standard InChI is InChI=1S/C14H12ClN3/c1-10-6-11(8-15)7-14(17-10)18-13-5-3-2-4-12(13)9-16-18/h2-7,9H,8H2,1H3. The number of fused-ring (bicyclic) bond motifs is 1. The van der Waals surface area contributed by atoms with Gasteiger partial charge in [-0.2, -0.15) is 5.10 Å². The number of pyridine rings is 1. The van der Waals surface area contributed by atoms with Crippen LogP contribution in [0.25, 0.3) is 16.7 Å². The van der Waals surface area contributed by atoms with Crippen molar-refractivity contribution in [2.75, 3.05) is 0 Å². The summed E-state index contributed by atoms with van der Waals surface area (Å²) in [6.45, 7) is 1.96. The van der Waals surface area contributed by atoms with Crippen molar-refractivity contribution in [3.05, 3.63) is 53.9 Å². The van der Waals surface area contributed by atoms with Crippen LogP contribution in [0.5, 0.6) is 0 Å². The topological polar surface area (TPSA) is 30.7 Å². The lowest BCUT2D eigenvalue weighted by Crippen LogP contribution is -2.01. The molecule has 4 heteroatoms. The first kappa shape index (κ1) is 11.2. The van der Waals surface area contributed by atoms with Gasteiger partial charge >= 0.3 is 0 Å². The molecule has 90 valence electrons. The third-order valence-electron chi connectivity index (χ3n) is 2.85. The lowest BCUT2D eigenvalue weighted by Gasteiger charge is -2.06. The number of rotatable bonds is 2. The predicted molar refractivity (Wildman–Crippen MR) is 73.2 cm³/mol. The smallest absolute Gasteiger partial charge is 0.154 e. The number of aromatic nitrogens is 3. The van der Waals surface area contributed by atoms with Crippen molar-refractivity contribution < 1.29 is 0 Å². The van der Waals surface area contributed by atoms with Crippen LogP contribution in [0.4, 0.5) is 0 Å². The number of hydrogen-bond acceptors (Lipinski definition) is 2. The van der Waals surface area contributed by atoms with Gasteiger partial charge in [-0.25, -0.2) is 9.67 Å². The molecule has 0 radical (unpaired) electrons. The molecule has 3 aromatic rings. The molecule has 3 rings (SSSR count). The highest BCUT2D eigenvalue weighted by Gasteiger charge is 2.07. The van der Waals surface area contributed by atoms with E-state index in [0.717, 1.165) is 28.0 Å². The van der Waals surface area contributed by atoms with E-state index in [9.17, 15) is 0 Å². The molecule has 2 aromatic heterocycles. The zero-order valence-corrected chi connectivity index (χ0v) is 10.7. The molecule has 0 aliphatic rings. The Bertz CT molecular complexity index is 703. The van der Waals surface area contributed by atoms with E-state index in [1.54, 1.807) is 0 Å². The fourth-order valence-electron chi connectivity index (χ4n) is 2.06. The van der Waals surface area contributed by atoms with Crippen molar-refractivity contribution in [3.63, 3.8) is 0 Å². The van der Waals surface area contributed by atoms with Crippen LogP contribution in [0, 0.1) is 6.92 Å². The Morgan fingerprint density at radius 3 is 2.89 bits per heavy atom. The van der Waals surface area contributed by atoms with Crippen LogP contribution in [0.1, 0.15) is 11.3 Å². The van der Waals surface area contributed by atoms with Gasteiger partial charge in [-0.3, -0.25) is 0 Å². The minimum atomic E-state index is 0.482. The molecular weight excluding hydrogens is 246 g/mol. The molecule has 0 spiro atoms. The molecule has 18 heavy (non-hydrogen) atoms. The number of hydrogen-bond donors (Lipinski definition) is 0. The van der Waals surface area contributed by atoms with Crippen molar-refractivity contribution in [1.29, 1.82) is 0 Å². The zero-order valence-electron chi connectivity index (χ0n) is 9.97. The van der Waals surface area contributed by atoms with Gasteiger partial charge in [0.2, 0.25) is 0 Å². The highest BCUT2D eigenvalue weighted by atomic mass is 35.5. The number of benzene rings is 1. The van der Waals surface area contributed by atoms with E-state index in [1.165, 1.54) is 0 Å². The summed E-state index contributed by atoms with van der Waals surface area (Å²) in [6.07, 6.45) is 1.85. The summed E-state index contributed by atoms with van der Waals surface area (Å²) in [5.74, 6) is 1.29. The van der Waals surface area contributed by atoms with Crippen molar-refractivity contribution in [1.82, 2.24) is 14.8 Å². The Morgan fingerprint density at radius 1 is 1.22 bits per heavy atom. The van der Waals surface area contributed by atoms with E-state index in [1.807, 2.05) is 54.2 Å². The summed E-state index contributed by atoms with van der Waals surface area (Å²) < 4.78 is 1.85. The van der Waals surface area contributed by atoms with Crippen molar-refractivity contribution >= 4 is 22.5 Å². The van der Waals surface area contributed by atoms with Crippen LogP contribution in [0.15, 0.2) is 42.6 Å². The molecule has 0 amide bonds. The number of para-hydroxylation sites is 1. The summed E-state index contributed by atoms with van der Waals surface area (Å²) in [7, 11) is 0. The van der Waals surface area contributed by atoms with Gasteiger partial charge in [-0.05, 0) is 30.7 Å². The van der Waals surface area contributed by atoms with Gasteiger partial charge in [-0.1, -0.05) is 18.2 Å². The number of halogens is 1. The lowest BCUT2D eigenvalue weighted by molar-refractivity contribution is 0.864. The largest absolute Gasteiger partial charge is 0.234 e. The summed E-state index contributed by atoms with van der Waals surface area (Å²) in [6, 6.07) is 12.0. The first-order valence-electron chi connectivity index (χ1n) is 5.74. The lowest BCUT2D eigenvalue weighted by atomic mass is 10.2. The fourth-order valence-corrected chi connectivity index (χ4v) is 2.22. The molecule has 0 N–H and O–H groups in total. The van der Waals surface area contributed by atoms with E-state index < -0.39 is 0 Å². The quantitative estimate of drug-likeness (QED) is 0.658. The Kier molecular flexibility index (Phi) is 2.76. The van der Waals surface area contributed by atoms with E-state index in [-0.39, 0.29) is 0 Å². The maximum absolute atomic E-state index is 5.89. The first-order valence-corrected chi connectivity index (χ1v) is 6.28. The number of alkyl halides is 1. The van der Waals surface area contributed by atoms with Crippen LogP contribution >= 0.6 is 11.6 Å². The SMILES string of the molecule is Cc1cc(CCl)cc(-n2ncc3ccccc32)n1. The third kappa shape index (κ3) is 1.87. The molecule has 0 aliphatic carbocycles. The summed E-state index contributed by atoms with van der Waals surface area (Å²) in [5.41, 5.74) is 3.05. The second kappa shape index (κ2) is 4.42. The maximum atomic E-state index is 5.89. The molecule has 0 saturated carbocycles. The molecule has 0 aliphatic heterocycles. The predicted octanol–water partition coefficient (Wildman–Crippen LogP) is 3.47. The van der Waals surface area contributed by atoms with Crippen LogP contribution < -0.4 is 0 Å². The van der Waals surface area contributed by atoms with Gasteiger partial charge in [0.1, 0.15) is 0 Å². The molecule has 3 nitrogen and oxygen atoms in total. The van der Waals surface area contributed by atoms with Crippen molar-refractivity contribution in [3.8, 4) is 5.82 Å². The van der Waals surface area contributed by atoms with Crippen LogP contribution in [0.2, 0.25) is 0 Å². The van der Waals surface area contributed by atoms with Gasteiger partial charge in [0.15, 0.2) is 5.82 Å². The molecule has 0 fully saturated rings. The molecule has 2 heterocycles.